The molecular weight excluding hydrogens is 418 g/mol. The lowest BCUT2D eigenvalue weighted by atomic mass is 10.0. The average Bonchev–Trinajstić information content (AvgIpc) is 2.70. The molecule has 3 atom stereocenters. The summed E-state index contributed by atoms with van der Waals surface area (Å²) in [7, 11) is 0. The first-order valence-corrected chi connectivity index (χ1v) is 10.6. The maximum atomic E-state index is 12.5. The third kappa shape index (κ3) is 8.47. The normalized spacial score (nSPS) is 13.8. The second-order valence-corrected chi connectivity index (χ2v) is 8.05. The van der Waals surface area contributed by atoms with Crippen molar-refractivity contribution < 1.29 is 38.4 Å². The minimum atomic E-state index is -1.20. The third-order valence-electron chi connectivity index (χ3n) is 4.67. The molecule has 32 heavy (non-hydrogen) atoms. The molecule has 9 nitrogen and oxygen atoms in total. The molecule has 9 heteroatoms. The number of aryl methyl sites for hydroxylation is 1. The van der Waals surface area contributed by atoms with Crippen molar-refractivity contribution in [1.29, 1.82) is 0 Å². The molecular formula is C23H35NO8. The van der Waals surface area contributed by atoms with Crippen LogP contribution < -0.4 is 14.8 Å². The SMILES string of the molecule is CC(=O)OC(C)C(=O)OC(C)C(=O)Oc1c(C)cc(OCC(O)CNC(C)C)c(C)c1C. The van der Waals surface area contributed by atoms with E-state index in [0.717, 1.165) is 5.56 Å². The Morgan fingerprint density at radius 3 is 2.12 bits per heavy atom. The summed E-state index contributed by atoms with van der Waals surface area (Å²) in [6.45, 7) is 13.8. The van der Waals surface area contributed by atoms with Gasteiger partial charge in [-0.15, -0.1) is 0 Å². The molecule has 180 valence electrons. The molecule has 0 saturated carbocycles. The first kappa shape index (κ1) is 27.4. The highest BCUT2D eigenvalue weighted by Gasteiger charge is 2.26. The van der Waals surface area contributed by atoms with Gasteiger partial charge in [0.15, 0.2) is 12.2 Å². The van der Waals surface area contributed by atoms with Crippen molar-refractivity contribution in [3.63, 3.8) is 0 Å². The van der Waals surface area contributed by atoms with Gasteiger partial charge in [-0.05, 0) is 57.4 Å². The Bertz CT molecular complexity index is 821. The van der Waals surface area contributed by atoms with E-state index in [-0.39, 0.29) is 12.6 Å². The maximum Gasteiger partial charge on any atom is 0.352 e. The molecule has 1 aromatic rings. The third-order valence-corrected chi connectivity index (χ3v) is 4.67. The summed E-state index contributed by atoms with van der Waals surface area (Å²) in [6.07, 6.45) is -2.99. The topological polar surface area (TPSA) is 120 Å². The summed E-state index contributed by atoms with van der Waals surface area (Å²) in [5, 5.41) is 13.2. The van der Waals surface area contributed by atoms with E-state index in [1.54, 1.807) is 19.9 Å². The van der Waals surface area contributed by atoms with Crippen LogP contribution in [0.3, 0.4) is 0 Å². The van der Waals surface area contributed by atoms with Crippen LogP contribution in [0.15, 0.2) is 6.07 Å². The average molecular weight is 454 g/mol. The molecule has 0 saturated heterocycles. The molecule has 0 aromatic heterocycles. The molecule has 0 amide bonds. The lowest BCUT2D eigenvalue weighted by Crippen LogP contribution is -2.35. The van der Waals surface area contributed by atoms with Gasteiger partial charge in [-0.3, -0.25) is 4.79 Å². The molecule has 0 heterocycles. The lowest BCUT2D eigenvalue weighted by Gasteiger charge is -2.20. The van der Waals surface area contributed by atoms with Crippen LogP contribution in [0, 0.1) is 20.8 Å². The van der Waals surface area contributed by atoms with Gasteiger partial charge in [0, 0.05) is 19.5 Å². The Morgan fingerprint density at radius 2 is 1.56 bits per heavy atom. The maximum absolute atomic E-state index is 12.5. The zero-order valence-corrected chi connectivity index (χ0v) is 20.1. The molecule has 0 bridgehead atoms. The summed E-state index contributed by atoms with van der Waals surface area (Å²) in [4.78, 5) is 35.3. The Labute approximate surface area is 189 Å². The van der Waals surface area contributed by atoms with Crippen molar-refractivity contribution in [2.24, 2.45) is 0 Å². The zero-order chi connectivity index (χ0) is 24.6. The van der Waals surface area contributed by atoms with Crippen molar-refractivity contribution in [3.8, 4) is 11.5 Å². The molecule has 1 rings (SSSR count). The number of hydrogen-bond donors (Lipinski definition) is 2. The predicted molar refractivity (Wildman–Crippen MR) is 118 cm³/mol. The number of carbonyl (C=O) groups is 3. The van der Waals surface area contributed by atoms with Crippen LogP contribution in [0.4, 0.5) is 0 Å². The second-order valence-electron chi connectivity index (χ2n) is 8.05. The van der Waals surface area contributed by atoms with E-state index in [2.05, 4.69) is 5.32 Å². The van der Waals surface area contributed by atoms with Gasteiger partial charge in [-0.1, -0.05) is 13.8 Å². The van der Waals surface area contributed by atoms with Gasteiger partial charge >= 0.3 is 17.9 Å². The summed E-state index contributed by atoms with van der Waals surface area (Å²) in [5.41, 5.74) is 2.10. The molecule has 2 N–H and O–H groups in total. The van der Waals surface area contributed by atoms with Crippen molar-refractivity contribution in [3.05, 3.63) is 22.8 Å². The number of aliphatic hydroxyl groups excluding tert-OH is 1. The monoisotopic (exact) mass is 453 g/mol. The Kier molecular flexibility index (Phi) is 10.6. The summed E-state index contributed by atoms with van der Waals surface area (Å²) in [6, 6.07) is 1.99. The zero-order valence-electron chi connectivity index (χ0n) is 20.1. The van der Waals surface area contributed by atoms with Crippen LogP contribution in [0.25, 0.3) is 0 Å². The summed E-state index contributed by atoms with van der Waals surface area (Å²) >= 11 is 0. The molecule has 0 spiro atoms. The van der Waals surface area contributed by atoms with Gasteiger partial charge in [-0.25, -0.2) is 9.59 Å². The first-order valence-electron chi connectivity index (χ1n) is 10.6. The van der Waals surface area contributed by atoms with Gasteiger partial charge in [-0.2, -0.15) is 0 Å². The fourth-order valence-electron chi connectivity index (χ4n) is 2.74. The van der Waals surface area contributed by atoms with E-state index in [0.29, 0.717) is 29.2 Å². The highest BCUT2D eigenvalue weighted by molar-refractivity contribution is 5.83. The highest BCUT2D eigenvalue weighted by Crippen LogP contribution is 2.33. The lowest BCUT2D eigenvalue weighted by molar-refractivity contribution is -0.173. The van der Waals surface area contributed by atoms with Crippen LogP contribution in [-0.4, -0.2) is 60.5 Å². The van der Waals surface area contributed by atoms with Crippen LogP contribution in [0.2, 0.25) is 0 Å². The number of ether oxygens (including phenoxy) is 4. The number of nitrogens with one attached hydrogen (secondary N) is 1. The molecule has 0 fully saturated rings. The number of benzene rings is 1. The van der Waals surface area contributed by atoms with Crippen molar-refractivity contribution in [2.45, 2.75) is 79.7 Å². The van der Waals surface area contributed by atoms with Gasteiger partial charge in [0.1, 0.15) is 24.2 Å². The molecule has 1 aromatic carbocycles. The predicted octanol–water partition coefficient (Wildman–Crippen LogP) is 2.14. The van der Waals surface area contributed by atoms with Gasteiger partial charge in [0.25, 0.3) is 0 Å². The standard InChI is InChI=1S/C23H35NO8/c1-12(2)24-10-19(26)11-29-20-9-13(3)21(15(5)14(20)4)32-23(28)17(7)31-22(27)16(6)30-18(8)25/h9,12,16-17,19,24,26H,10-11H2,1-8H3. The number of carbonyl (C=O) groups excluding carboxylic acids is 3. The molecule has 0 aliphatic rings. The van der Waals surface area contributed by atoms with E-state index in [1.807, 2.05) is 20.8 Å². The quantitative estimate of drug-likeness (QED) is 0.383. The van der Waals surface area contributed by atoms with E-state index in [4.69, 9.17) is 18.9 Å². The smallest absolute Gasteiger partial charge is 0.352 e. The Morgan fingerprint density at radius 1 is 0.969 bits per heavy atom. The molecule has 0 aliphatic carbocycles. The largest absolute Gasteiger partial charge is 0.491 e. The van der Waals surface area contributed by atoms with Crippen molar-refractivity contribution >= 4 is 17.9 Å². The van der Waals surface area contributed by atoms with Crippen LogP contribution >= 0.6 is 0 Å². The van der Waals surface area contributed by atoms with Gasteiger partial charge < -0.3 is 29.4 Å². The first-order chi connectivity index (χ1) is 14.8. The summed E-state index contributed by atoms with van der Waals surface area (Å²) < 4.78 is 21.0. The van der Waals surface area contributed by atoms with Crippen molar-refractivity contribution in [2.75, 3.05) is 13.2 Å². The van der Waals surface area contributed by atoms with E-state index in [9.17, 15) is 19.5 Å². The number of hydrogen-bond acceptors (Lipinski definition) is 9. The molecule has 0 aliphatic heterocycles. The molecule has 0 radical (unpaired) electrons. The number of esters is 3. The highest BCUT2D eigenvalue weighted by atomic mass is 16.6. The van der Waals surface area contributed by atoms with Crippen LogP contribution in [0.5, 0.6) is 11.5 Å². The fraction of sp³-hybridized carbons (Fsp3) is 0.609. The van der Waals surface area contributed by atoms with Gasteiger partial charge in [0.05, 0.1) is 0 Å². The second kappa shape index (κ2) is 12.4. The van der Waals surface area contributed by atoms with Crippen LogP contribution in [-0.2, 0) is 23.9 Å². The Balaban J connectivity index is 2.81. The Hall–Kier alpha value is -2.65. The van der Waals surface area contributed by atoms with Crippen molar-refractivity contribution in [1.82, 2.24) is 5.32 Å². The minimum Gasteiger partial charge on any atom is -0.491 e. The van der Waals surface area contributed by atoms with E-state index in [1.165, 1.54) is 20.8 Å². The fourth-order valence-corrected chi connectivity index (χ4v) is 2.74. The van der Waals surface area contributed by atoms with E-state index >= 15 is 0 Å². The van der Waals surface area contributed by atoms with E-state index < -0.39 is 36.2 Å². The number of rotatable bonds is 11. The molecule has 3 unspecified atom stereocenters. The number of aliphatic hydroxyl groups is 1. The summed E-state index contributed by atoms with van der Waals surface area (Å²) in [5.74, 6) is -1.31. The minimum absolute atomic E-state index is 0.117. The van der Waals surface area contributed by atoms with Crippen LogP contribution in [0.1, 0.15) is 51.3 Å². The van der Waals surface area contributed by atoms with Gasteiger partial charge in [0.2, 0.25) is 0 Å².